The van der Waals surface area contributed by atoms with Gasteiger partial charge in [-0.15, -0.1) is 0 Å². The molecular weight excluding hydrogens is 500 g/mol. The molecule has 2 aromatic rings. The molecule has 0 amide bonds. The van der Waals surface area contributed by atoms with Gasteiger partial charge >= 0.3 is 11.9 Å². The zero-order valence-electron chi connectivity index (χ0n) is 23.5. The van der Waals surface area contributed by atoms with Gasteiger partial charge in [0, 0.05) is 5.41 Å². The maximum atomic E-state index is 12.1. The number of hydrogen-bond acceptors (Lipinski definition) is 8. The van der Waals surface area contributed by atoms with Gasteiger partial charge in [-0.3, -0.25) is 0 Å². The maximum Gasteiger partial charge on any atom is 0.344 e. The molecule has 2 aliphatic rings. The van der Waals surface area contributed by atoms with Crippen molar-refractivity contribution in [2.24, 2.45) is 10.8 Å². The van der Waals surface area contributed by atoms with Crippen LogP contribution in [-0.4, -0.2) is 64.8 Å². The molecule has 39 heavy (non-hydrogen) atoms. The van der Waals surface area contributed by atoms with Crippen LogP contribution in [0.25, 0.3) is 0 Å². The van der Waals surface area contributed by atoms with Crippen molar-refractivity contribution in [1.29, 1.82) is 0 Å². The van der Waals surface area contributed by atoms with Gasteiger partial charge in [-0.1, -0.05) is 52.0 Å². The van der Waals surface area contributed by atoms with Gasteiger partial charge in [0.1, 0.15) is 24.7 Å². The molecule has 4 rings (SSSR count). The largest absolute Gasteiger partial charge is 0.482 e. The third-order valence-corrected chi connectivity index (χ3v) is 8.08. The third kappa shape index (κ3) is 7.11. The molecule has 0 aliphatic carbocycles. The van der Waals surface area contributed by atoms with Gasteiger partial charge < -0.3 is 28.4 Å². The number of carbonyl (C=O) groups excluding carboxylic acids is 2. The molecule has 2 aliphatic heterocycles. The Morgan fingerprint density at radius 3 is 1.33 bits per heavy atom. The molecule has 0 aromatic heterocycles. The summed E-state index contributed by atoms with van der Waals surface area (Å²) < 4.78 is 32.6. The fraction of sp³-hybridized carbons (Fsp3) is 0.548. The molecule has 0 radical (unpaired) electrons. The summed E-state index contributed by atoms with van der Waals surface area (Å²) in [7, 11) is 0. The van der Waals surface area contributed by atoms with Crippen LogP contribution in [-0.2, 0) is 34.0 Å². The molecule has 0 N–H and O–H groups in total. The summed E-state index contributed by atoms with van der Waals surface area (Å²) in [6.45, 7) is 11.4. The molecule has 0 atom stereocenters. The molecule has 2 saturated heterocycles. The molecule has 2 fully saturated rings. The lowest BCUT2D eigenvalue weighted by molar-refractivity contribution is -0.172. The van der Waals surface area contributed by atoms with Crippen LogP contribution in [0.3, 0.4) is 0 Å². The van der Waals surface area contributed by atoms with Crippen molar-refractivity contribution < 1.29 is 38.0 Å². The Labute approximate surface area is 230 Å². The second kappa shape index (κ2) is 12.4. The zero-order chi connectivity index (χ0) is 27.9. The minimum Gasteiger partial charge on any atom is -0.482 e. The molecular formula is C31H40O8. The highest BCUT2D eigenvalue weighted by Crippen LogP contribution is 2.34. The second-order valence-electron chi connectivity index (χ2n) is 11.3. The van der Waals surface area contributed by atoms with Crippen molar-refractivity contribution in [2.75, 3.05) is 52.9 Å². The van der Waals surface area contributed by atoms with E-state index in [-0.39, 0.29) is 41.4 Å². The third-order valence-electron chi connectivity index (χ3n) is 8.08. The van der Waals surface area contributed by atoms with E-state index in [0.29, 0.717) is 51.1 Å². The van der Waals surface area contributed by atoms with Gasteiger partial charge in [-0.05, 0) is 48.2 Å². The standard InChI is InChI=1S/C31H40O8/c1-5-30(17-34-18-30)21-38-27(32)15-36-25-11-7-23(8-12-25)29(3,4)24-9-13-26(14-10-24)37-16-28(33)39-22-31(6-2)19-35-20-31/h7-14H,5-6,15-22H2,1-4H3. The average Bonchev–Trinajstić information content (AvgIpc) is 2.90. The Morgan fingerprint density at radius 1 is 0.692 bits per heavy atom. The molecule has 8 nitrogen and oxygen atoms in total. The highest BCUT2D eigenvalue weighted by molar-refractivity contribution is 5.71. The first kappa shape index (κ1) is 28.9. The fourth-order valence-corrected chi connectivity index (χ4v) is 4.50. The Hall–Kier alpha value is -3.10. The lowest BCUT2D eigenvalue weighted by atomic mass is 9.78. The Balaban J connectivity index is 1.23. The van der Waals surface area contributed by atoms with Crippen molar-refractivity contribution in [3.63, 3.8) is 0 Å². The predicted octanol–water partition coefficient (Wildman–Crippen LogP) is 4.71. The van der Waals surface area contributed by atoms with Crippen LogP contribution in [0.4, 0.5) is 0 Å². The first-order valence-electron chi connectivity index (χ1n) is 13.6. The van der Waals surface area contributed by atoms with Crippen molar-refractivity contribution in [3.8, 4) is 11.5 Å². The first-order chi connectivity index (χ1) is 18.7. The molecule has 0 bridgehead atoms. The van der Waals surface area contributed by atoms with Gasteiger partial charge in [-0.2, -0.15) is 0 Å². The van der Waals surface area contributed by atoms with Crippen LogP contribution >= 0.6 is 0 Å². The number of carbonyl (C=O) groups is 2. The number of esters is 2. The summed E-state index contributed by atoms with van der Waals surface area (Å²) in [5.41, 5.74) is 1.82. The van der Waals surface area contributed by atoms with E-state index in [9.17, 15) is 9.59 Å². The topological polar surface area (TPSA) is 89.5 Å². The smallest absolute Gasteiger partial charge is 0.344 e. The minimum atomic E-state index is -0.382. The fourth-order valence-electron chi connectivity index (χ4n) is 4.50. The van der Waals surface area contributed by atoms with Crippen molar-refractivity contribution in [3.05, 3.63) is 59.7 Å². The van der Waals surface area contributed by atoms with E-state index in [0.717, 1.165) is 24.0 Å². The second-order valence-corrected chi connectivity index (χ2v) is 11.3. The van der Waals surface area contributed by atoms with Gasteiger partial charge in [-0.25, -0.2) is 9.59 Å². The van der Waals surface area contributed by atoms with Crippen molar-refractivity contribution in [2.45, 2.75) is 46.0 Å². The Bertz CT molecular complexity index is 1000. The Morgan fingerprint density at radius 2 is 1.05 bits per heavy atom. The summed E-state index contributed by atoms with van der Waals surface area (Å²) in [4.78, 5) is 24.2. The van der Waals surface area contributed by atoms with E-state index < -0.39 is 0 Å². The van der Waals surface area contributed by atoms with E-state index in [2.05, 4.69) is 27.7 Å². The highest BCUT2D eigenvalue weighted by atomic mass is 16.6. The van der Waals surface area contributed by atoms with Crippen LogP contribution in [0.1, 0.15) is 51.7 Å². The van der Waals surface area contributed by atoms with Crippen LogP contribution in [0, 0.1) is 10.8 Å². The van der Waals surface area contributed by atoms with E-state index in [1.54, 1.807) is 0 Å². The van der Waals surface area contributed by atoms with Gasteiger partial charge in [0.15, 0.2) is 13.2 Å². The lowest BCUT2D eigenvalue weighted by Crippen LogP contribution is -2.46. The summed E-state index contributed by atoms with van der Waals surface area (Å²) in [5.74, 6) is 0.447. The zero-order valence-corrected chi connectivity index (χ0v) is 23.5. The van der Waals surface area contributed by atoms with Crippen LogP contribution in [0.15, 0.2) is 48.5 Å². The van der Waals surface area contributed by atoms with E-state index in [4.69, 9.17) is 28.4 Å². The van der Waals surface area contributed by atoms with Crippen molar-refractivity contribution >= 4 is 11.9 Å². The molecule has 2 aromatic carbocycles. The van der Waals surface area contributed by atoms with Crippen molar-refractivity contribution in [1.82, 2.24) is 0 Å². The number of hydrogen-bond donors (Lipinski definition) is 0. The average molecular weight is 541 g/mol. The summed E-state index contributed by atoms with van der Waals surface area (Å²) in [6.07, 6.45) is 1.83. The van der Waals surface area contributed by atoms with E-state index >= 15 is 0 Å². The van der Waals surface area contributed by atoms with Gasteiger partial charge in [0.25, 0.3) is 0 Å². The van der Waals surface area contributed by atoms with Crippen LogP contribution < -0.4 is 9.47 Å². The summed E-state index contributed by atoms with van der Waals surface area (Å²) in [6, 6.07) is 15.4. The molecule has 8 heteroatoms. The maximum absolute atomic E-state index is 12.1. The molecule has 0 spiro atoms. The minimum absolute atomic E-state index is 0.0391. The normalized spacial score (nSPS) is 17.3. The highest BCUT2D eigenvalue weighted by Gasteiger charge is 2.39. The van der Waals surface area contributed by atoms with E-state index in [1.165, 1.54) is 0 Å². The van der Waals surface area contributed by atoms with E-state index in [1.807, 2.05) is 48.5 Å². The SMILES string of the molecule is CCC1(COC(=O)COc2ccc(C(C)(C)c3ccc(OCC(=O)OCC4(CC)COC4)cc3)cc2)COC1. The quantitative estimate of drug-likeness (QED) is 0.318. The molecule has 212 valence electrons. The van der Waals surface area contributed by atoms with Gasteiger partial charge in [0.05, 0.1) is 37.3 Å². The number of benzene rings is 2. The summed E-state index contributed by atoms with van der Waals surface area (Å²) in [5, 5.41) is 0. The monoisotopic (exact) mass is 540 g/mol. The van der Waals surface area contributed by atoms with Gasteiger partial charge in [0.2, 0.25) is 0 Å². The number of rotatable bonds is 14. The van der Waals surface area contributed by atoms with Crippen LogP contribution in [0.5, 0.6) is 11.5 Å². The van der Waals surface area contributed by atoms with Crippen LogP contribution in [0.2, 0.25) is 0 Å². The summed E-state index contributed by atoms with van der Waals surface area (Å²) >= 11 is 0. The lowest BCUT2D eigenvalue weighted by Gasteiger charge is -2.39. The first-order valence-corrected chi connectivity index (χ1v) is 13.6. The number of ether oxygens (including phenoxy) is 6. The molecule has 0 unspecified atom stereocenters. The predicted molar refractivity (Wildman–Crippen MR) is 145 cm³/mol. The molecule has 2 heterocycles. The Kier molecular flexibility index (Phi) is 9.18. The molecule has 0 saturated carbocycles.